The summed E-state index contributed by atoms with van der Waals surface area (Å²) in [6.45, 7) is 4.43. The zero-order chi connectivity index (χ0) is 23.3. The molecule has 6 nitrogen and oxygen atoms in total. The molecule has 1 aromatic heterocycles. The molecule has 1 amide bonds. The topological polar surface area (TPSA) is 80.0 Å². The van der Waals surface area contributed by atoms with E-state index in [1.807, 2.05) is 67.2 Å². The van der Waals surface area contributed by atoms with Crippen molar-refractivity contribution in [3.63, 3.8) is 0 Å². The van der Waals surface area contributed by atoms with E-state index in [4.69, 9.17) is 5.11 Å². The number of nitrogens with one attached hydrogen (secondary N) is 1. The molecule has 0 spiro atoms. The molecule has 4 rings (SSSR count). The summed E-state index contributed by atoms with van der Waals surface area (Å²) in [5.41, 5.74) is 5.95. The van der Waals surface area contributed by atoms with Gasteiger partial charge in [0.25, 0.3) is 0 Å². The van der Waals surface area contributed by atoms with Crippen molar-refractivity contribution in [3.05, 3.63) is 107 Å². The van der Waals surface area contributed by atoms with Crippen molar-refractivity contribution >= 4 is 6.09 Å². The molecule has 6 heteroatoms. The van der Waals surface area contributed by atoms with Crippen LogP contribution in [0, 0.1) is 0 Å². The van der Waals surface area contributed by atoms with Crippen LogP contribution in [0.25, 0.3) is 11.1 Å². The van der Waals surface area contributed by atoms with Gasteiger partial charge in [-0.1, -0.05) is 84.1 Å². The van der Waals surface area contributed by atoms with Gasteiger partial charge in [-0.25, -0.2) is 9.48 Å². The highest BCUT2D eigenvalue weighted by Crippen LogP contribution is 2.25. The molecule has 0 aliphatic heterocycles. The van der Waals surface area contributed by atoms with Crippen molar-refractivity contribution < 1.29 is 9.90 Å². The summed E-state index contributed by atoms with van der Waals surface area (Å²) in [4.78, 5) is 11.0. The van der Waals surface area contributed by atoms with Gasteiger partial charge in [-0.2, -0.15) is 0 Å². The third-order valence-corrected chi connectivity index (χ3v) is 5.76. The molecule has 0 saturated carbocycles. The lowest BCUT2D eigenvalue weighted by Gasteiger charge is -2.25. The highest BCUT2D eigenvalue weighted by molar-refractivity contribution is 5.67. The second-order valence-electron chi connectivity index (χ2n) is 8.72. The third kappa shape index (κ3) is 5.86. The van der Waals surface area contributed by atoms with Gasteiger partial charge in [0.05, 0.1) is 17.8 Å². The Morgan fingerprint density at radius 3 is 2.15 bits per heavy atom. The van der Waals surface area contributed by atoms with E-state index in [0.29, 0.717) is 0 Å². The Morgan fingerprint density at radius 2 is 1.52 bits per heavy atom. The van der Waals surface area contributed by atoms with E-state index in [1.54, 1.807) is 0 Å². The number of benzene rings is 3. The van der Waals surface area contributed by atoms with Gasteiger partial charge in [-0.15, -0.1) is 5.10 Å². The van der Waals surface area contributed by atoms with Gasteiger partial charge < -0.3 is 10.4 Å². The molecule has 0 atom stereocenters. The number of carboxylic acid groups (broad SMARTS) is 1. The van der Waals surface area contributed by atoms with Gasteiger partial charge in [-0.05, 0) is 54.5 Å². The molecule has 0 aliphatic rings. The maximum Gasteiger partial charge on any atom is 0.405 e. The zero-order valence-electron chi connectivity index (χ0n) is 18.9. The van der Waals surface area contributed by atoms with Crippen molar-refractivity contribution in [1.29, 1.82) is 0 Å². The van der Waals surface area contributed by atoms with Crippen LogP contribution in [0.15, 0.2) is 85.1 Å². The normalized spacial score (nSPS) is 11.3. The number of hydrogen-bond acceptors (Lipinski definition) is 3. The molecule has 1 heterocycles. The molecule has 4 aromatic rings. The molecule has 33 heavy (non-hydrogen) atoms. The van der Waals surface area contributed by atoms with Crippen molar-refractivity contribution in [2.75, 3.05) is 0 Å². The van der Waals surface area contributed by atoms with Gasteiger partial charge in [-0.3, -0.25) is 0 Å². The first kappa shape index (κ1) is 22.3. The minimum Gasteiger partial charge on any atom is -0.465 e. The average Bonchev–Trinajstić information content (AvgIpc) is 3.25. The standard InChI is InChI=1S/C27H28N4O2/c1-27(2,28-26(32)33)24-15-13-23(14-16-24)22-11-8-20(9-12-22)10-17-25-19-31(30-29-25)18-21-6-4-3-5-7-21/h3-9,11-16,19,28H,10,17-18H2,1-2H3,(H,32,33). The van der Waals surface area contributed by atoms with Gasteiger partial charge in [0.15, 0.2) is 0 Å². The Kier molecular flexibility index (Phi) is 6.54. The van der Waals surface area contributed by atoms with Gasteiger partial charge in [0.1, 0.15) is 0 Å². The van der Waals surface area contributed by atoms with E-state index >= 15 is 0 Å². The molecule has 3 aromatic carbocycles. The lowest BCUT2D eigenvalue weighted by molar-refractivity contribution is 0.182. The monoisotopic (exact) mass is 440 g/mol. The van der Waals surface area contributed by atoms with Crippen molar-refractivity contribution in [2.24, 2.45) is 0 Å². The Labute approximate surface area is 193 Å². The molecule has 0 radical (unpaired) electrons. The Balaban J connectivity index is 1.35. The fourth-order valence-electron chi connectivity index (χ4n) is 3.86. The van der Waals surface area contributed by atoms with Crippen LogP contribution in [0.5, 0.6) is 0 Å². The van der Waals surface area contributed by atoms with E-state index in [2.05, 4.69) is 52.0 Å². The summed E-state index contributed by atoms with van der Waals surface area (Å²) >= 11 is 0. The molecular formula is C27H28N4O2. The van der Waals surface area contributed by atoms with Crippen molar-refractivity contribution in [3.8, 4) is 11.1 Å². The maximum atomic E-state index is 11.0. The van der Waals surface area contributed by atoms with E-state index in [0.717, 1.165) is 41.8 Å². The second-order valence-corrected chi connectivity index (χ2v) is 8.72. The van der Waals surface area contributed by atoms with Crippen LogP contribution in [-0.4, -0.2) is 26.2 Å². The molecule has 2 N–H and O–H groups in total. The lowest BCUT2D eigenvalue weighted by atomic mass is 9.92. The number of amides is 1. The van der Waals surface area contributed by atoms with Gasteiger partial charge in [0, 0.05) is 6.20 Å². The van der Waals surface area contributed by atoms with Crippen LogP contribution >= 0.6 is 0 Å². The Bertz CT molecular complexity index is 1200. The van der Waals surface area contributed by atoms with Gasteiger partial charge in [0.2, 0.25) is 0 Å². The smallest absolute Gasteiger partial charge is 0.405 e. The summed E-state index contributed by atoms with van der Waals surface area (Å²) in [5, 5.41) is 20.1. The molecule has 0 bridgehead atoms. The first-order chi connectivity index (χ1) is 15.9. The number of hydrogen-bond donors (Lipinski definition) is 2. The number of rotatable bonds is 8. The van der Waals surface area contributed by atoms with Crippen LogP contribution in [0.3, 0.4) is 0 Å². The lowest BCUT2D eigenvalue weighted by Crippen LogP contribution is -2.39. The molecule has 0 unspecified atom stereocenters. The van der Waals surface area contributed by atoms with Crippen molar-refractivity contribution in [2.45, 2.75) is 38.8 Å². The molecule has 0 aliphatic carbocycles. The first-order valence-corrected chi connectivity index (χ1v) is 11.0. The predicted octanol–water partition coefficient (Wildman–Crippen LogP) is 5.28. The molecule has 0 saturated heterocycles. The number of carbonyl (C=O) groups is 1. The predicted molar refractivity (Wildman–Crippen MR) is 129 cm³/mol. The van der Waals surface area contributed by atoms with E-state index in [1.165, 1.54) is 11.1 Å². The van der Waals surface area contributed by atoms with Crippen LogP contribution in [0.4, 0.5) is 4.79 Å². The van der Waals surface area contributed by atoms with E-state index in [9.17, 15) is 4.79 Å². The zero-order valence-corrected chi connectivity index (χ0v) is 18.9. The van der Waals surface area contributed by atoms with E-state index in [-0.39, 0.29) is 0 Å². The molecular weight excluding hydrogens is 412 g/mol. The summed E-state index contributed by atoms with van der Waals surface area (Å²) in [6, 6.07) is 26.8. The van der Waals surface area contributed by atoms with Crippen LogP contribution < -0.4 is 5.32 Å². The fraction of sp³-hybridized carbons (Fsp3) is 0.222. The fourth-order valence-corrected chi connectivity index (χ4v) is 3.86. The van der Waals surface area contributed by atoms with E-state index < -0.39 is 11.6 Å². The highest BCUT2D eigenvalue weighted by atomic mass is 16.4. The maximum absolute atomic E-state index is 11.0. The Morgan fingerprint density at radius 1 is 0.879 bits per heavy atom. The quantitative estimate of drug-likeness (QED) is 0.391. The van der Waals surface area contributed by atoms with Crippen LogP contribution in [-0.2, 0) is 24.9 Å². The van der Waals surface area contributed by atoms with Crippen LogP contribution in [0.1, 0.15) is 36.2 Å². The minimum absolute atomic E-state index is 0.642. The van der Waals surface area contributed by atoms with Crippen LogP contribution in [0.2, 0.25) is 0 Å². The minimum atomic E-state index is -1.03. The second kappa shape index (κ2) is 9.69. The largest absolute Gasteiger partial charge is 0.465 e. The average molecular weight is 441 g/mol. The summed E-state index contributed by atoms with van der Waals surface area (Å²) < 4.78 is 1.88. The Hall–Kier alpha value is -3.93. The highest BCUT2D eigenvalue weighted by Gasteiger charge is 2.22. The van der Waals surface area contributed by atoms with Gasteiger partial charge >= 0.3 is 6.09 Å². The molecule has 0 fully saturated rings. The summed E-state index contributed by atoms with van der Waals surface area (Å²) in [5.74, 6) is 0. The molecule has 168 valence electrons. The summed E-state index contributed by atoms with van der Waals surface area (Å²) in [7, 11) is 0. The summed E-state index contributed by atoms with van der Waals surface area (Å²) in [6.07, 6.45) is 2.73. The SMILES string of the molecule is CC(C)(NC(=O)O)c1ccc(-c2ccc(CCc3cn(Cc4ccccc4)nn3)cc2)cc1. The number of aryl methyl sites for hydroxylation is 2. The number of nitrogens with zero attached hydrogens (tertiary/aromatic N) is 3. The third-order valence-electron chi connectivity index (χ3n) is 5.76. The first-order valence-electron chi connectivity index (χ1n) is 11.0. The number of aromatic nitrogens is 3. The van der Waals surface area contributed by atoms with Crippen molar-refractivity contribution in [1.82, 2.24) is 20.3 Å².